The average Bonchev–Trinajstić information content (AvgIpc) is 2.69. The van der Waals surface area contributed by atoms with Crippen LogP contribution in [0.25, 0.3) is 0 Å². The molecule has 0 radical (unpaired) electrons. The molecule has 1 aromatic rings. The van der Waals surface area contributed by atoms with Crippen molar-refractivity contribution in [3.63, 3.8) is 0 Å². The lowest BCUT2D eigenvalue weighted by molar-refractivity contribution is -0.518. The fourth-order valence-electron chi connectivity index (χ4n) is 2.71. The molecular weight excluding hydrogens is 200 g/mol. The number of hydroxylamine groups is 1. The number of benzene rings is 1. The van der Waals surface area contributed by atoms with E-state index in [2.05, 4.69) is 4.90 Å². The smallest absolute Gasteiger partial charge is 0.220 e. The fraction of sp³-hybridized carbons (Fsp3) is 0.462. The van der Waals surface area contributed by atoms with Gasteiger partial charge in [0, 0.05) is 18.5 Å². The molecule has 2 aliphatic rings. The van der Waals surface area contributed by atoms with Crippen molar-refractivity contribution in [3.05, 3.63) is 41.1 Å². The predicted octanol–water partition coefficient (Wildman–Crippen LogP) is 1.81. The van der Waals surface area contributed by atoms with Crippen LogP contribution in [0.5, 0.6) is 0 Å². The summed E-state index contributed by atoms with van der Waals surface area (Å²) in [6, 6.07) is 10.0. The van der Waals surface area contributed by atoms with Crippen LogP contribution in [0.15, 0.2) is 30.3 Å². The quantitative estimate of drug-likeness (QED) is 0.529. The Kier molecular flexibility index (Phi) is 2.40. The molecule has 1 unspecified atom stereocenters. The van der Waals surface area contributed by atoms with Gasteiger partial charge in [-0.3, -0.25) is 0 Å². The van der Waals surface area contributed by atoms with Crippen molar-refractivity contribution in [2.75, 3.05) is 13.1 Å². The molecule has 0 aromatic heterocycles. The van der Waals surface area contributed by atoms with Crippen molar-refractivity contribution < 1.29 is 4.74 Å². The Hall–Kier alpha value is -1.35. The summed E-state index contributed by atoms with van der Waals surface area (Å²) in [5.74, 6) is 0. The molecule has 84 valence electrons. The summed E-state index contributed by atoms with van der Waals surface area (Å²) >= 11 is 0. The summed E-state index contributed by atoms with van der Waals surface area (Å²) in [5.41, 5.74) is 2.01. The van der Waals surface area contributed by atoms with Gasteiger partial charge in [-0.25, -0.2) is 4.90 Å². The van der Waals surface area contributed by atoms with Gasteiger partial charge in [-0.05, 0) is 25.0 Å². The second-order valence-corrected chi connectivity index (χ2v) is 4.59. The van der Waals surface area contributed by atoms with E-state index < -0.39 is 0 Å². The Labute approximate surface area is 95.6 Å². The zero-order chi connectivity index (χ0) is 11.0. The minimum Gasteiger partial charge on any atom is -0.622 e. The van der Waals surface area contributed by atoms with E-state index in [0.29, 0.717) is 0 Å². The zero-order valence-corrected chi connectivity index (χ0v) is 9.30. The highest BCUT2D eigenvalue weighted by molar-refractivity contribution is 5.99. The number of rotatable bonds is 1. The number of piperidine rings is 1. The first kappa shape index (κ1) is 9.85. The predicted molar refractivity (Wildman–Crippen MR) is 63.4 cm³/mol. The Bertz CT molecular complexity index is 413. The van der Waals surface area contributed by atoms with E-state index >= 15 is 0 Å². The van der Waals surface area contributed by atoms with Crippen molar-refractivity contribution in [3.8, 4) is 0 Å². The van der Waals surface area contributed by atoms with E-state index in [1.54, 1.807) is 0 Å². The minimum absolute atomic E-state index is 0.101. The summed E-state index contributed by atoms with van der Waals surface area (Å²) < 4.78 is 1.23. The molecule has 1 aromatic carbocycles. The van der Waals surface area contributed by atoms with Gasteiger partial charge in [0.2, 0.25) is 11.9 Å². The molecule has 3 rings (SSSR count). The lowest BCUT2D eigenvalue weighted by Crippen LogP contribution is -2.39. The van der Waals surface area contributed by atoms with E-state index in [1.165, 1.54) is 17.6 Å². The number of fused-ring (bicyclic) bond motifs is 1. The maximum Gasteiger partial charge on any atom is 0.220 e. The van der Waals surface area contributed by atoms with Crippen molar-refractivity contribution in [1.82, 2.24) is 4.90 Å². The molecule has 2 aliphatic heterocycles. The molecule has 0 bridgehead atoms. The SMILES string of the molecule is [O-][N+]1=C(c2ccccc2)CN2CCCCC21. The summed E-state index contributed by atoms with van der Waals surface area (Å²) in [7, 11) is 0. The normalized spacial score (nSPS) is 25.9. The highest BCUT2D eigenvalue weighted by Gasteiger charge is 2.38. The number of hydrogen-bond acceptors (Lipinski definition) is 2. The molecule has 1 atom stereocenters. The van der Waals surface area contributed by atoms with E-state index in [1.807, 2.05) is 30.3 Å². The largest absolute Gasteiger partial charge is 0.622 e. The van der Waals surface area contributed by atoms with Gasteiger partial charge in [0.1, 0.15) is 0 Å². The first-order chi connectivity index (χ1) is 7.86. The maximum atomic E-state index is 12.2. The molecule has 2 heterocycles. The molecule has 0 amide bonds. The van der Waals surface area contributed by atoms with Crippen LogP contribution in [-0.4, -0.2) is 34.6 Å². The fourth-order valence-corrected chi connectivity index (χ4v) is 2.71. The second kappa shape index (κ2) is 3.91. The van der Waals surface area contributed by atoms with Crippen LogP contribution in [0.2, 0.25) is 0 Å². The summed E-state index contributed by atoms with van der Waals surface area (Å²) in [5, 5.41) is 12.2. The molecule has 0 saturated carbocycles. The van der Waals surface area contributed by atoms with Gasteiger partial charge in [-0.2, -0.15) is 4.74 Å². The van der Waals surface area contributed by atoms with Crippen LogP contribution in [0.3, 0.4) is 0 Å². The van der Waals surface area contributed by atoms with Crippen molar-refractivity contribution in [2.45, 2.75) is 25.4 Å². The Morgan fingerprint density at radius 1 is 1.19 bits per heavy atom. The van der Waals surface area contributed by atoms with Gasteiger partial charge in [-0.15, -0.1) is 0 Å². The van der Waals surface area contributed by atoms with Crippen molar-refractivity contribution in [2.24, 2.45) is 0 Å². The highest BCUT2D eigenvalue weighted by atomic mass is 16.5. The van der Waals surface area contributed by atoms with Crippen LogP contribution >= 0.6 is 0 Å². The van der Waals surface area contributed by atoms with Crippen LogP contribution in [0.4, 0.5) is 0 Å². The summed E-state index contributed by atoms with van der Waals surface area (Å²) in [6.45, 7) is 1.89. The van der Waals surface area contributed by atoms with Gasteiger partial charge in [-0.1, -0.05) is 18.2 Å². The van der Waals surface area contributed by atoms with Crippen LogP contribution in [0, 0.1) is 5.21 Å². The monoisotopic (exact) mass is 216 g/mol. The summed E-state index contributed by atoms with van der Waals surface area (Å²) in [6.07, 6.45) is 3.53. The minimum atomic E-state index is 0.101. The lowest BCUT2D eigenvalue weighted by atomic mass is 10.1. The molecule has 16 heavy (non-hydrogen) atoms. The van der Waals surface area contributed by atoms with Gasteiger partial charge >= 0.3 is 0 Å². The van der Waals surface area contributed by atoms with E-state index in [4.69, 9.17) is 0 Å². The van der Waals surface area contributed by atoms with Crippen LogP contribution in [0.1, 0.15) is 24.8 Å². The van der Waals surface area contributed by atoms with Crippen LogP contribution < -0.4 is 0 Å². The molecule has 1 fully saturated rings. The molecule has 1 saturated heterocycles. The zero-order valence-electron chi connectivity index (χ0n) is 9.30. The molecular formula is C13H16N2O. The Morgan fingerprint density at radius 3 is 2.75 bits per heavy atom. The first-order valence-corrected chi connectivity index (χ1v) is 5.98. The number of hydrogen-bond donors (Lipinski definition) is 0. The third-order valence-electron chi connectivity index (χ3n) is 3.58. The van der Waals surface area contributed by atoms with E-state index in [0.717, 1.165) is 30.8 Å². The van der Waals surface area contributed by atoms with E-state index in [9.17, 15) is 5.21 Å². The Morgan fingerprint density at radius 2 is 2.00 bits per heavy atom. The van der Waals surface area contributed by atoms with Gasteiger partial charge in [0.25, 0.3) is 0 Å². The topological polar surface area (TPSA) is 29.3 Å². The highest BCUT2D eigenvalue weighted by Crippen LogP contribution is 2.23. The first-order valence-electron chi connectivity index (χ1n) is 5.98. The van der Waals surface area contributed by atoms with Gasteiger partial charge in [0.15, 0.2) is 0 Å². The summed E-state index contributed by atoms with van der Waals surface area (Å²) in [4.78, 5) is 2.30. The molecule has 3 heteroatoms. The van der Waals surface area contributed by atoms with E-state index in [-0.39, 0.29) is 6.17 Å². The number of nitrogens with zero attached hydrogens (tertiary/aromatic N) is 2. The molecule has 0 N–H and O–H groups in total. The van der Waals surface area contributed by atoms with Crippen molar-refractivity contribution >= 4 is 5.71 Å². The van der Waals surface area contributed by atoms with Gasteiger partial charge < -0.3 is 5.21 Å². The molecule has 0 aliphatic carbocycles. The standard InChI is InChI=1S/C13H16N2O/c16-15-12(11-6-2-1-3-7-11)10-14-9-5-4-8-13(14)15/h1-3,6-7,13H,4-5,8-10H2. The maximum absolute atomic E-state index is 12.2. The lowest BCUT2D eigenvalue weighted by Gasteiger charge is -2.26. The second-order valence-electron chi connectivity index (χ2n) is 4.59. The molecule has 3 nitrogen and oxygen atoms in total. The average molecular weight is 216 g/mol. The molecule has 0 spiro atoms. The third kappa shape index (κ3) is 1.52. The van der Waals surface area contributed by atoms with Gasteiger partial charge in [0.05, 0.1) is 6.54 Å². The third-order valence-corrected chi connectivity index (χ3v) is 3.58. The Balaban J connectivity index is 1.94. The van der Waals surface area contributed by atoms with Crippen molar-refractivity contribution in [1.29, 1.82) is 0 Å². The van der Waals surface area contributed by atoms with Crippen LogP contribution in [-0.2, 0) is 0 Å².